The Morgan fingerprint density at radius 2 is 1.67 bits per heavy atom. The Labute approximate surface area is 136 Å². The minimum atomic E-state index is -1.10. The molecule has 0 aliphatic rings. The first kappa shape index (κ1) is 15.5. The maximum atomic E-state index is 12.0. The van der Waals surface area contributed by atoms with Crippen LogP contribution in [-0.2, 0) is 0 Å². The Kier molecular flexibility index (Phi) is 4.64. The average Bonchev–Trinajstić information content (AvgIpc) is 2.43. The van der Waals surface area contributed by atoms with E-state index in [2.05, 4.69) is 37.2 Å². The van der Waals surface area contributed by atoms with E-state index in [4.69, 9.17) is 5.11 Å². The number of aromatic hydroxyl groups is 1. The van der Waals surface area contributed by atoms with Crippen LogP contribution in [0.3, 0.4) is 0 Å². The number of phenolic OH excluding ortho intramolecular Hbond substituents is 1. The van der Waals surface area contributed by atoms with E-state index in [1.54, 1.807) is 12.1 Å². The Balaban J connectivity index is 2.25. The van der Waals surface area contributed by atoms with Crippen LogP contribution in [0, 0.1) is 0 Å². The molecule has 108 valence electrons. The molecule has 2 rings (SSSR count). The molecule has 7 heteroatoms. The Morgan fingerprint density at radius 3 is 2.29 bits per heavy atom. The zero-order valence-corrected chi connectivity index (χ0v) is 13.6. The molecule has 1 amide bonds. The number of carboxylic acid groups (broad SMARTS) is 1. The normalized spacial score (nSPS) is 10.2. The number of nitrogens with one attached hydrogen (secondary N) is 1. The van der Waals surface area contributed by atoms with Crippen molar-refractivity contribution in [1.82, 2.24) is 0 Å². The molecule has 0 fully saturated rings. The van der Waals surface area contributed by atoms with Gasteiger partial charge in [0.2, 0.25) is 0 Å². The summed E-state index contributed by atoms with van der Waals surface area (Å²) in [4.78, 5) is 23.1. The van der Waals surface area contributed by atoms with Gasteiger partial charge in [-0.25, -0.2) is 4.79 Å². The first-order valence-electron chi connectivity index (χ1n) is 5.71. The second kappa shape index (κ2) is 6.28. The number of hydrogen-bond acceptors (Lipinski definition) is 3. The molecule has 5 nitrogen and oxygen atoms in total. The Hall–Kier alpha value is -1.86. The molecule has 2 aromatic rings. The number of phenols is 1. The highest BCUT2D eigenvalue weighted by atomic mass is 79.9. The molecule has 0 saturated heterocycles. The summed E-state index contributed by atoms with van der Waals surface area (Å²) in [6.45, 7) is 0. The Morgan fingerprint density at radius 1 is 1.00 bits per heavy atom. The van der Waals surface area contributed by atoms with Gasteiger partial charge in [0.05, 0.1) is 10.0 Å². The largest absolute Gasteiger partial charge is 0.507 e. The van der Waals surface area contributed by atoms with E-state index in [-0.39, 0.29) is 16.9 Å². The molecule has 0 bridgehead atoms. The van der Waals surface area contributed by atoms with Crippen molar-refractivity contribution in [3.05, 3.63) is 56.5 Å². The van der Waals surface area contributed by atoms with E-state index >= 15 is 0 Å². The summed E-state index contributed by atoms with van der Waals surface area (Å²) >= 11 is 6.25. The average molecular weight is 415 g/mol. The number of anilines is 1. The van der Waals surface area contributed by atoms with E-state index in [1.807, 2.05) is 0 Å². The van der Waals surface area contributed by atoms with Gasteiger partial charge in [0.15, 0.2) is 0 Å². The van der Waals surface area contributed by atoms with Gasteiger partial charge in [-0.05, 0) is 68.3 Å². The predicted molar refractivity (Wildman–Crippen MR) is 84.9 cm³/mol. The van der Waals surface area contributed by atoms with Gasteiger partial charge < -0.3 is 15.5 Å². The van der Waals surface area contributed by atoms with Crippen molar-refractivity contribution in [2.45, 2.75) is 0 Å². The topological polar surface area (TPSA) is 86.6 Å². The molecule has 0 unspecified atom stereocenters. The van der Waals surface area contributed by atoms with Crippen molar-refractivity contribution in [3.8, 4) is 5.75 Å². The van der Waals surface area contributed by atoms with Crippen molar-refractivity contribution >= 4 is 49.4 Å². The molecule has 0 aliphatic heterocycles. The SMILES string of the molecule is O=C(Nc1ccc(Br)c(C(=O)O)c1)c1ccc(Br)c(O)c1. The number of hydrogen-bond donors (Lipinski definition) is 3. The number of carbonyl (C=O) groups excluding carboxylic acids is 1. The Bertz CT molecular complexity index is 731. The second-order valence-corrected chi connectivity index (χ2v) is 5.83. The van der Waals surface area contributed by atoms with Gasteiger partial charge >= 0.3 is 5.97 Å². The van der Waals surface area contributed by atoms with Crippen molar-refractivity contribution < 1.29 is 19.8 Å². The molecule has 3 N–H and O–H groups in total. The number of carboxylic acids is 1. The molecule has 0 radical (unpaired) electrons. The van der Waals surface area contributed by atoms with Crippen molar-refractivity contribution in [1.29, 1.82) is 0 Å². The van der Waals surface area contributed by atoms with Crippen LogP contribution < -0.4 is 5.32 Å². The van der Waals surface area contributed by atoms with Gasteiger partial charge in [0, 0.05) is 15.7 Å². The highest BCUT2D eigenvalue weighted by molar-refractivity contribution is 9.10. The van der Waals surface area contributed by atoms with Crippen LogP contribution in [0.25, 0.3) is 0 Å². The van der Waals surface area contributed by atoms with Gasteiger partial charge in [0.1, 0.15) is 5.75 Å². The molecular weight excluding hydrogens is 406 g/mol. The molecule has 0 aliphatic carbocycles. The number of benzene rings is 2. The number of rotatable bonds is 3. The molecule has 21 heavy (non-hydrogen) atoms. The van der Waals surface area contributed by atoms with Crippen molar-refractivity contribution in [2.24, 2.45) is 0 Å². The molecule has 0 heterocycles. The smallest absolute Gasteiger partial charge is 0.336 e. The van der Waals surface area contributed by atoms with E-state index in [0.29, 0.717) is 14.6 Å². The number of amides is 1. The highest BCUT2D eigenvalue weighted by Gasteiger charge is 2.12. The summed E-state index contributed by atoms with van der Waals surface area (Å²) in [5.41, 5.74) is 0.657. The van der Waals surface area contributed by atoms with E-state index in [1.165, 1.54) is 24.3 Å². The third-order valence-corrected chi connectivity index (χ3v) is 4.03. The second-order valence-electron chi connectivity index (χ2n) is 4.12. The van der Waals surface area contributed by atoms with Crippen LogP contribution in [0.2, 0.25) is 0 Å². The summed E-state index contributed by atoms with van der Waals surface area (Å²) in [5, 5.41) is 21.2. The third-order valence-electron chi connectivity index (χ3n) is 2.66. The van der Waals surface area contributed by atoms with Crippen LogP contribution in [0.4, 0.5) is 5.69 Å². The maximum Gasteiger partial charge on any atom is 0.336 e. The summed E-state index contributed by atoms with van der Waals surface area (Å²) in [7, 11) is 0. The monoisotopic (exact) mass is 413 g/mol. The third kappa shape index (κ3) is 3.62. The lowest BCUT2D eigenvalue weighted by Crippen LogP contribution is -2.12. The van der Waals surface area contributed by atoms with Gasteiger partial charge in [-0.2, -0.15) is 0 Å². The first-order valence-corrected chi connectivity index (χ1v) is 7.30. The molecular formula is C14H9Br2NO4. The van der Waals surface area contributed by atoms with Crippen LogP contribution in [-0.4, -0.2) is 22.1 Å². The fourth-order valence-corrected chi connectivity index (χ4v) is 2.29. The van der Waals surface area contributed by atoms with Gasteiger partial charge in [-0.15, -0.1) is 0 Å². The lowest BCUT2D eigenvalue weighted by atomic mass is 10.1. The van der Waals surface area contributed by atoms with Gasteiger partial charge in [0.25, 0.3) is 5.91 Å². The number of aromatic carboxylic acids is 1. The standard InChI is InChI=1S/C14H9Br2NO4/c15-10-4-2-8(6-9(10)14(20)21)17-13(19)7-1-3-11(16)12(18)5-7/h1-6,18H,(H,17,19)(H,20,21). The lowest BCUT2D eigenvalue weighted by molar-refractivity contribution is 0.0695. The minimum Gasteiger partial charge on any atom is -0.507 e. The van der Waals surface area contributed by atoms with Gasteiger partial charge in [-0.3, -0.25) is 4.79 Å². The summed E-state index contributed by atoms with van der Waals surface area (Å²) in [5.74, 6) is -1.60. The van der Waals surface area contributed by atoms with Crippen molar-refractivity contribution in [3.63, 3.8) is 0 Å². The molecule has 0 aromatic heterocycles. The van der Waals surface area contributed by atoms with E-state index in [9.17, 15) is 14.7 Å². The first-order chi connectivity index (χ1) is 9.88. The van der Waals surface area contributed by atoms with E-state index < -0.39 is 11.9 Å². The van der Waals surface area contributed by atoms with E-state index in [0.717, 1.165) is 0 Å². The number of carbonyl (C=O) groups is 2. The van der Waals surface area contributed by atoms with Crippen LogP contribution in [0.15, 0.2) is 45.3 Å². The maximum absolute atomic E-state index is 12.0. The number of halogens is 2. The zero-order valence-electron chi connectivity index (χ0n) is 10.4. The summed E-state index contributed by atoms with van der Waals surface area (Å²) in [6.07, 6.45) is 0. The quantitative estimate of drug-likeness (QED) is 0.711. The fourth-order valence-electron chi connectivity index (χ4n) is 1.62. The molecule has 0 atom stereocenters. The summed E-state index contributed by atoms with van der Waals surface area (Å²) < 4.78 is 0.908. The molecule has 0 spiro atoms. The lowest BCUT2D eigenvalue weighted by Gasteiger charge is -2.08. The van der Waals surface area contributed by atoms with Crippen LogP contribution in [0.5, 0.6) is 5.75 Å². The fraction of sp³-hybridized carbons (Fsp3) is 0. The minimum absolute atomic E-state index is 0.0476. The summed E-state index contributed by atoms with van der Waals surface area (Å²) in [6, 6.07) is 8.87. The zero-order chi connectivity index (χ0) is 15.6. The predicted octanol–water partition coefficient (Wildman–Crippen LogP) is 3.87. The highest BCUT2D eigenvalue weighted by Crippen LogP contribution is 2.25. The molecule has 2 aromatic carbocycles. The van der Waals surface area contributed by atoms with Crippen molar-refractivity contribution in [2.75, 3.05) is 5.32 Å². The van der Waals surface area contributed by atoms with Crippen LogP contribution >= 0.6 is 31.9 Å². The van der Waals surface area contributed by atoms with Gasteiger partial charge in [-0.1, -0.05) is 0 Å². The van der Waals surface area contributed by atoms with Crippen LogP contribution in [0.1, 0.15) is 20.7 Å². The molecule has 0 saturated carbocycles.